The van der Waals surface area contributed by atoms with Crippen molar-refractivity contribution in [1.29, 1.82) is 0 Å². The van der Waals surface area contributed by atoms with Crippen molar-refractivity contribution in [1.82, 2.24) is 24.8 Å². The molecular formula is C25H27N5. The first kappa shape index (κ1) is 18.9. The van der Waals surface area contributed by atoms with Crippen molar-refractivity contribution in [3.05, 3.63) is 78.5 Å². The Bertz CT molecular complexity index is 1140. The summed E-state index contributed by atoms with van der Waals surface area (Å²) >= 11 is 0. The second-order valence-electron chi connectivity index (χ2n) is 8.59. The molecule has 3 aromatic rings. The van der Waals surface area contributed by atoms with Crippen LogP contribution in [0.1, 0.15) is 35.2 Å². The molecule has 2 bridgehead atoms. The van der Waals surface area contributed by atoms with Gasteiger partial charge in [-0.2, -0.15) is 0 Å². The van der Waals surface area contributed by atoms with Crippen molar-refractivity contribution in [2.24, 2.45) is 0 Å². The number of nitrogens with zero attached hydrogens (tertiary/aromatic N) is 5. The van der Waals surface area contributed by atoms with Gasteiger partial charge in [-0.3, -0.25) is 4.98 Å². The van der Waals surface area contributed by atoms with Crippen molar-refractivity contribution in [3.8, 4) is 0 Å². The molecule has 5 heteroatoms. The SMILES string of the molecule is C=C(c1ccc2ncncc2c1)c1cc(C(=C)N2C3CCC2CN(C)C3)cnc1C. The fourth-order valence-electron chi connectivity index (χ4n) is 5.03. The maximum absolute atomic E-state index is 4.71. The number of fused-ring (bicyclic) bond motifs is 3. The van der Waals surface area contributed by atoms with Gasteiger partial charge in [-0.1, -0.05) is 19.2 Å². The van der Waals surface area contributed by atoms with Gasteiger partial charge in [0, 0.05) is 65.5 Å². The van der Waals surface area contributed by atoms with E-state index < -0.39 is 0 Å². The number of likely N-dealkylation sites (N-methyl/N-ethyl adjacent to an activating group) is 1. The van der Waals surface area contributed by atoms with Crippen molar-refractivity contribution in [2.45, 2.75) is 31.8 Å². The van der Waals surface area contributed by atoms with Crippen LogP contribution in [0.2, 0.25) is 0 Å². The number of aromatic nitrogens is 3. The quantitative estimate of drug-likeness (QED) is 0.662. The molecule has 2 atom stereocenters. The predicted molar refractivity (Wildman–Crippen MR) is 122 cm³/mol. The molecule has 2 saturated heterocycles. The molecular weight excluding hydrogens is 370 g/mol. The summed E-state index contributed by atoms with van der Waals surface area (Å²) in [5.74, 6) is 0. The Hall–Kier alpha value is -3.05. The highest BCUT2D eigenvalue weighted by atomic mass is 15.3. The van der Waals surface area contributed by atoms with Crippen LogP contribution in [0.15, 0.2) is 56.1 Å². The van der Waals surface area contributed by atoms with Crippen LogP contribution in [0.3, 0.4) is 0 Å². The first-order valence-electron chi connectivity index (χ1n) is 10.5. The van der Waals surface area contributed by atoms with Gasteiger partial charge in [0.25, 0.3) is 0 Å². The molecule has 2 fully saturated rings. The monoisotopic (exact) mass is 397 g/mol. The summed E-state index contributed by atoms with van der Waals surface area (Å²) in [6.45, 7) is 13.1. The van der Waals surface area contributed by atoms with Gasteiger partial charge in [-0.25, -0.2) is 9.97 Å². The van der Waals surface area contributed by atoms with Crippen molar-refractivity contribution in [3.63, 3.8) is 0 Å². The highest BCUT2D eigenvalue weighted by Gasteiger charge is 2.39. The van der Waals surface area contributed by atoms with Crippen LogP contribution in [0.4, 0.5) is 0 Å². The zero-order valence-corrected chi connectivity index (χ0v) is 17.7. The number of benzene rings is 1. The molecule has 5 nitrogen and oxygen atoms in total. The van der Waals surface area contributed by atoms with Gasteiger partial charge in [0.2, 0.25) is 0 Å². The van der Waals surface area contributed by atoms with Crippen LogP contribution in [0.5, 0.6) is 0 Å². The minimum Gasteiger partial charge on any atom is -0.363 e. The fraction of sp³-hybridized carbons (Fsp3) is 0.320. The number of hydrogen-bond donors (Lipinski definition) is 0. The summed E-state index contributed by atoms with van der Waals surface area (Å²) in [5.41, 5.74) is 7.16. The zero-order chi connectivity index (χ0) is 20.8. The minimum atomic E-state index is 0.551. The second kappa shape index (κ2) is 7.33. The number of pyridine rings is 1. The Balaban J connectivity index is 1.47. The molecule has 0 saturated carbocycles. The lowest BCUT2D eigenvalue weighted by atomic mass is 9.95. The third-order valence-electron chi connectivity index (χ3n) is 6.57. The number of rotatable bonds is 4. The van der Waals surface area contributed by atoms with Gasteiger partial charge in [0.05, 0.1) is 5.52 Å². The molecule has 2 unspecified atom stereocenters. The maximum Gasteiger partial charge on any atom is 0.116 e. The molecule has 4 heterocycles. The van der Waals surface area contributed by atoms with Crippen LogP contribution < -0.4 is 0 Å². The van der Waals surface area contributed by atoms with E-state index in [4.69, 9.17) is 4.98 Å². The lowest BCUT2D eigenvalue weighted by Gasteiger charge is -2.42. The number of aryl methyl sites for hydroxylation is 1. The van der Waals surface area contributed by atoms with Crippen molar-refractivity contribution >= 4 is 22.2 Å². The summed E-state index contributed by atoms with van der Waals surface area (Å²) in [4.78, 5) is 18.1. The lowest BCUT2D eigenvalue weighted by Crippen LogP contribution is -2.51. The average molecular weight is 398 g/mol. The molecule has 2 aliphatic rings. The number of likely N-dealkylation sites (tertiary alicyclic amines) is 1. The van der Waals surface area contributed by atoms with Crippen molar-refractivity contribution < 1.29 is 0 Å². The summed E-state index contributed by atoms with van der Waals surface area (Å²) < 4.78 is 0. The highest BCUT2D eigenvalue weighted by molar-refractivity contribution is 5.87. The molecule has 0 N–H and O–H groups in total. The Labute approximate surface area is 177 Å². The summed E-state index contributed by atoms with van der Waals surface area (Å²) in [6, 6.07) is 9.49. The molecule has 0 amide bonds. The standard InChI is InChI=1S/C25H27N5/c1-16(19-5-8-25-21(9-19)11-26-15-28-25)24-10-20(12-27-17(24)2)18(3)30-22-6-7-23(30)14-29(4)13-22/h5,8-12,15,22-23H,1,3,6-7,13-14H2,2,4H3. The maximum atomic E-state index is 4.71. The van der Waals surface area contributed by atoms with E-state index in [0.717, 1.165) is 57.6 Å². The summed E-state index contributed by atoms with van der Waals surface area (Å²) in [7, 11) is 2.22. The summed E-state index contributed by atoms with van der Waals surface area (Å²) in [5, 5.41) is 1.01. The fourth-order valence-corrected chi connectivity index (χ4v) is 5.03. The van der Waals surface area contributed by atoms with Crippen LogP contribution in [0.25, 0.3) is 22.2 Å². The molecule has 1 aromatic carbocycles. The zero-order valence-electron chi connectivity index (χ0n) is 17.7. The van der Waals surface area contributed by atoms with Crippen LogP contribution >= 0.6 is 0 Å². The van der Waals surface area contributed by atoms with Gasteiger partial charge in [0.1, 0.15) is 6.33 Å². The van der Waals surface area contributed by atoms with E-state index in [1.165, 1.54) is 12.8 Å². The number of piperazine rings is 1. The largest absolute Gasteiger partial charge is 0.363 e. The normalized spacial score (nSPS) is 21.2. The van der Waals surface area contributed by atoms with E-state index in [1.54, 1.807) is 6.33 Å². The second-order valence-corrected chi connectivity index (χ2v) is 8.59. The topological polar surface area (TPSA) is 45.2 Å². The molecule has 5 rings (SSSR count). The molecule has 2 aliphatic heterocycles. The van der Waals surface area contributed by atoms with Gasteiger partial charge < -0.3 is 9.80 Å². The first-order chi connectivity index (χ1) is 14.5. The van der Waals surface area contributed by atoms with Crippen molar-refractivity contribution in [2.75, 3.05) is 20.1 Å². The lowest BCUT2D eigenvalue weighted by molar-refractivity contribution is 0.136. The Kier molecular flexibility index (Phi) is 4.63. The minimum absolute atomic E-state index is 0.551. The Morgan fingerprint density at radius 3 is 2.53 bits per heavy atom. The average Bonchev–Trinajstić information content (AvgIpc) is 3.03. The first-order valence-corrected chi connectivity index (χ1v) is 10.5. The Morgan fingerprint density at radius 2 is 1.77 bits per heavy atom. The van der Waals surface area contributed by atoms with Crippen LogP contribution in [-0.2, 0) is 0 Å². The van der Waals surface area contributed by atoms with Gasteiger partial charge in [-0.15, -0.1) is 0 Å². The molecule has 2 aromatic heterocycles. The van der Waals surface area contributed by atoms with E-state index in [9.17, 15) is 0 Å². The van der Waals surface area contributed by atoms with Gasteiger partial charge in [-0.05, 0) is 56.1 Å². The summed E-state index contributed by atoms with van der Waals surface area (Å²) in [6.07, 6.45) is 7.86. The van der Waals surface area contributed by atoms with Gasteiger partial charge in [0.15, 0.2) is 0 Å². The molecule has 152 valence electrons. The molecule has 30 heavy (non-hydrogen) atoms. The van der Waals surface area contributed by atoms with Gasteiger partial charge >= 0.3 is 0 Å². The van der Waals surface area contributed by atoms with Crippen LogP contribution in [-0.4, -0.2) is 57.0 Å². The van der Waals surface area contributed by atoms with Crippen LogP contribution in [0, 0.1) is 6.92 Å². The number of hydrogen-bond acceptors (Lipinski definition) is 5. The Morgan fingerprint density at radius 1 is 1.00 bits per heavy atom. The molecule has 0 spiro atoms. The van der Waals surface area contributed by atoms with E-state index in [-0.39, 0.29) is 0 Å². The predicted octanol–water partition coefficient (Wildman–Crippen LogP) is 4.14. The third kappa shape index (κ3) is 3.19. The van der Waals surface area contributed by atoms with E-state index in [1.807, 2.05) is 25.4 Å². The van der Waals surface area contributed by atoms with E-state index in [2.05, 4.69) is 58.2 Å². The molecule has 0 radical (unpaired) electrons. The molecule has 0 aliphatic carbocycles. The van der Waals surface area contributed by atoms with E-state index >= 15 is 0 Å². The highest BCUT2D eigenvalue weighted by Crippen LogP contribution is 2.37. The third-order valence-corrected chi connectivity index (χ3v) is 6.57. The van der Waals surface area contributed by atoms with E-state index in [0.29, 0.717) is 12.1 Å². The smallest absolute Gasteiger partial charge is 0.116 e.